The summed E-state index contributed by atoms with van der Waals surface area (Å²) in [6.45, 7) is 1.84. The number of pyridine rings is 2. The standard InChI is InChI=1S/C20H15F3N2O2/c1-2-27-19(26)17-11-15(12-25-18(17)13-6-8-24-9-7-13)14-4-3-5-16(10-14)20(21,22)23/h3-12H,2H2,1H3. The average molecular weight is 372 g/mol. The van der Waals surface area contributed by atoms with Gasteiger partial charge in [0, 0.05) is 29.7 Å². The van der Waals surface area contributed by atoms with E-state index in [-0.39, 0.29) is 12.2 Å². The fraction of sp³-hybridized carbons (Fsp3) is 0.150. The molecule has 0 unspecified atom stereocenters. The van der Waals surface area contributed by atoms with E-state index >= 15 is 0 Å². The van der Waals surface area contributed by atoms with Crippen molar-refractivity contribution in [2.24, 2.45) is 0 Å². The molecule has 0 amide bonds. The first kappa shape index (κ1) is 18.6. The molecule has 0 saturated heterocycles. The molecule has 0 N–H and O–H groups in total. The van der Waals surface area contributed by atoms with Crippen LogP contribution in [-0.2, 0) is 10.9 Å². The second kappa shape index (κ2) is 7.57. The van der Waals surface area contributed by atoms with E-state index in [1.807, 2.05) is 0 Å². The first-order valence-corrected chi connectivity index (χ1v) is 8.15. The zero-order chi connectivity index (χ0) is 19.4. The molecule has 1 aromatic carbocycles. The molecule has 0 radical (unpaired) electrons. The van der Waals surface area contributed by atoms with Gasteiger partial charge in [-0.05, 0) is 42.8 Å². The van der Waals surface area contributed by atoms with Crippen molar-refractivity contribution in [3.05, 3.63) is 72.2 Å². The van der Waals surface area contributed by atoms with E-state index in [0.29, 0.717) is 22.4 Å². The summed E-state index contributed by atoms with van der Waals surface area (Å²) in [5.41, 5.74) is 1.15. The van der Waals surface area contributed by atoms with Gasteiger partial charge in [-0.2, -0.15) is 13.2 Å². The van der Waals surface area contributed by atoms with Gasteiger partial charge in [0.15, 0.2) is 0 Å². The zero-order valence-electron chi connectivity index (χ0n) is 14.3. The van der Waals surface area contributed by atoms with Crippen molar-refractivity contribution in [3.63, 3.8) is 0 Å². The van der Waals surface area contributed by atoms with Crippen LogP contribution in [0.1, 0.15) is 22.8 Å². The van der Waals surface area contributed by atoms with E-state index in [0.717, 1.165) is 12.1 Å². The van der Waals surface area contributed by atoms with Crippen molar-refractivity contribution >= 4 is 5.97 Å². The van der Waals surface area contributed by atoms with E-state index in [1.165, 1.54) is 24.4 Å². The fourth-order valence-electron chi connectivity index (χ4n) is 2.60. The molecule has 0 atom stereocenters. The minimum Gasteiger partial charge on any atom is -0.462 e. The molecular weight excluding hydrogens is 357 g/mol. The van der Waals surface area contributed by atoms with Crippen LogP contribution in [0.3, 0.4) is 0 Å². The van der Waals surface area contributed by atoms with Gasteiger partial charge in [0.25, 0.3) is 0 Å². The van der Waals surface area contributed by atoms with Gasteiger partial charge in [0.2, 0.25) is 0 Å². The van der Waals surface area contributed by atoms with E-state index in [2.05, 4.69) is 9.97 Å². The number of halogens is 3. The van der Waals surface area contributed by atoms with Crippen LogP contribution in [0.2, 0.25) is 0 Å². The number of hydrogen-bond acceptors (Lipinski definition) is 4. The molecule has 4 nitrogen and oxygen atoms in total. The molecule has 7 heteroatoms. The lowest BCUT2D eigenvalue weighted by molar-refractivity contribution is -0.137. The Kier molecular flexibility index (Phi) is 5.21. The number of carbonyl (C=O) groups excluding carboxylic acids is 1. The summed E-state index contributed by atoms with van der Waals surface area (Å²) in [6, 6.07) is 9.75. The van der Waals surface area contributed by atoms with Gasteiger partial charge in [-0.3, -0.25) is 9.97 Å². The van der Waals surface area contributed by atoms with Crippen LogP contribution in [-0.4, -0.2) is 22.5 Å². The maximum Gasteiger partial charge on any atom is 0.416 e. The summed E-state index contributed by atoms with van der Waals surface area (Å²) in [5.74, 6) is -0.592. The maximum atomic E-state index is 13.0. The van der Waals surface area contributed by atoms with E-state index < -0.39 is 17.7 Å². The highest BCUT2D eigenvalue weighted by Crippen LogP contribution is 2.33. The largest absolute Gasteiger partial charge is 0.462 e. The van der Waals surface area contributed by atoms with Crippen LogP contribution < -0.4 is 0 Å². The highest BCUT2D eigenvalue weighted by Gasteiger charge is 2.30. The lowest BCUT2D eigenvalue weighted by Gasteiger charge is -2.12. The smallest absolute Gasteiger partial charge is 0.416 e. The van der Waals surface area contributed by atoms with E-state index in [4.69, 9.17) is 4.74 Å². The Hall–Kier alpha value is -3.22. The molecule has 27 heavy (non-hydrogen) atoms. The van der Waals surface area contributed by atoms with Gasteiger partial charge in [-0.15, -0.1) is 0 Å². The monoisotopic (exact) mass is 372 g/mol. The Labute approximate surface area is 153 Å². The molecule has 3 aromatic rings. The number of aromatic nitrogens is 2. The number of benzene rings is 1. The second-order valence-corrected chi connectivity index (χ2v) is 5.66. The minimum absolute atomic E-state index is 0.169. The molecular formula is C20H15F3N2O2. The van der Waals surface area contributed by atoms with Gasteiger partial charge < -0.3 is 4.74 Å². The van der Waals surface area contributed by atoms with Crippen LogP contribution >= 0.6 is 0 Å². The van der Waals surface area contributed by atoms with Crippen LogP contribution in [0.4, 0.5) is 13.2 Å². The molecule has 0 saturated carbocycles. The highest BCUT2D eigenvalue weighted by molar-refractivity contribution is 5.97. The number of hydrogen-bond donors (Lipinski definition) is 0. The minimum atomic E-state index is -4.45. The molecule has 0 bridgehead atoms. The summed E-state index contributed by atoms with van der Waals surface area (Å²) in [4.78, 5) is 20.6. The zero-order valence-corrected chi connectivity index (χ0v) is 14.3. The van der Waals surface area contributed by atoms with Gasteiger partial charge >= 0.3 is 12.1 Å². The second-order valence-electron chi connectivity index (χ2n) is 5.66. The Morgan fingerprint density at radius 1 is 1.04 bits per heavy atom. The van der Waals surface area contributed by atoms with Gasteiger partial charge in [0.1, 0.15) is 0 Å². The topological polar surface area (TPSA) is 52.1 Å². The van der Waals surface area contributed by atoms with Crippen molar-refractivity contribution in [2.45, 2.75) is 13.1 Å². The van der Waals surface area contributed by atoms with Crippen LogP contribution in [0, 0.1) is 0 Å². The average Bonchev–Trinajstić information content (AvgIpc) is 2.68. The molecule has 0 aliphatic rings. The third kappa shape index (κ3) is 4.13. The third-order valence-electron chi connectivity index (χ3n) is 3.86. The first-order chi connectivity index (χ1) is 12.9. The Balaban J connectivity index is 2.11. The lowest BCUT2D eigenvalue weighted by Crippen LogP contribution is -2.08. The van der Waals surface area contributed by atoms with Crippen molar-refractivity contribution < 1.29 is 22.7 Å². The molecule has 0 aliphatic heterocycles. The summed E-state index contributed by atoms with van der Waals surface area (Å²) >= 11 is 0. The summed E-state index contributed by atoms with van der Waals surface area (Å²) in [6.07, 6.45) is 0.109. The van der Waals surface area contributed by atoms with Crippen LogP contribution in [0.15, 0.2) is 61.1 Å². The molecule has 2 heterocycles. The Morgan fingerprint density at radius 3 is 2.44 bits per heavy atom. The molecule has 0 fully saturated rings. The summed E-state index contributed by atoms with van der Waals surface area (Å²) in [5, 5.41) is 0. The van der Waals surface area contributed by atoms with Crippen molar-refractivity contribution in [1.29, 1.82) is 0 Å². The van der Waals surface area contributed by atoms with Gasteiger partial charge in [0.05, 0.1) is 23.4 Å². The third-order valence-corrected chi connectivity index (χ3v) is 3.86. The molecule has 2 aromatic heterocycles. The number of carbonyl (C=O) groups is 1. The fourth-order valence-corrected chi connectivity index (χ4v) is 2.60. The van der Waals surface area contributed by atoms with Crippen LogP contribution in [0.5, 0.6) is 0 Å². The summed E-state index contributed by atoms with van der Waals surface area (Å²) < 4.78 is 44.0. The first-order valence-electron chi connectivity index (χ1n) is 8.15. The number of nitrogens with zero attached hydrogens (tertiary/aromatic N) is 2. The van der Waals surface area contributed by atoms with Gasteiger partial charge in [-0.25, -0.2) is 4.79 Å². The SMILES string of the molecule is CCOC(=O)c1cc(-c2cccc(C(F)(F)F)c2)cnc1-c1ccncc1. The van der Waals surface area contributed by atoms with Crippen molar-refractivity contribution in [3.8, 4) is 22.4 Å². The van der Waals surface area contributed by atoms with Crippen LogP contribution in [0.25, 0.3) is 22.4 Å². The number of alkyl halides is 3. The number of esters is 1. The maximum absolute atomic E-state index is 13.0. The molecule has 0 aliphatic carbocycles. The molecule has 0 spiro atoms. The predicted octanol–water partition coefficient (Wildman–Crippen LogP) is 5.01. The van der Waals surface area contributed by atoms with Crippen molar-refractivity contribution in [1.82, 2.24) is 9.97 Å². The predicted molar refractivity (Wildman–Crippen MR) is 93.9 cm³/mol. The Bertz CT molecular complexity index is 957. The summed E-state index contributed by atoms with van der Waals surface area (Å²) in [7, 11) is 0. The molecule has 138 valence electrons. The Morgan fingerprint density at radius 2 is 1.78 bits per heavy atom. The quantitative estimate of drug-likeness (QED) is 0.605. The normalized spacial score (nSPS) is 11.3. The molecule has 3 rings (SSSR count). The van der Waals surface area contributed by atoms with Gasteiger partial charge in [-0.1, -0.05) is 12.1 Å². The van der Waals surface area contributed by atoms with E-state index in [1.54, 1.807) is 31.5 Å². The number of rotatable bonds is 4. The van der Waals surface area contributed by atoms with E-state index in [9.17, 15) is 18.0 Å². The highest BCUT2D eigenvalue weighted by atomic mass is 19.4. The van der Waals surface area contributed by atoms with Crippen molar-refractivity contribution in [2.75, 3.05) is 6.61 Å². The number of ether oxygens (including phenoxy) is 1. The lowest BCUT2D eigenvalue weighted by atomic mass is 10.00.